The van der Waals surface area contributed by atoms with Gasteiger partial charge in [-0.15, -0.1) is 11.3 Å². The summed E-state index contributed by atoms with van der Waals surface area (Å²) in [6, 6.07) is 11.9. The summed E-state index contributed by atoms with van der Waals surface area (Å²) in [5.74, 6) is 0.757. The van der Waals surface area contributed by atoms with Crippen LogP contribution in [0, 0.1) is 5.92 Å². The highest BCUT2D eigenvalue weighted by molar-refractivity contribution is 7.14. The molecule has 1 saturated carbocycles. The van der Waals surface area contributed by atoms with Crippen molar-refractivity contribution in [2.45, 2.75) is 44.4 Å². The van der Waals surface area contributed by atoms with Gasteiger partial charge < -0.3 is 10.0 Å². The number of piperidine rings is 1. The third-order valence-corrected chi connectivity index (χ3v) is 8.68. The van der Waals surface area contributed by atoms with Gasteiger partial charge >= 0.3 is 0 Å². The predicted molar refractivity (Wildman–Crippen MR) is 135 cm³/mol. The Morgan fingerprint density at radius 3 is 2.64 bits per heavy atom. The zero-order chi connectivity index (χ0) is 23.0. The number of likely N-dealkylation sites (tertiary alicyclic amines) is 1. The number of carbonyl (C=O) groups excluding carboxylic acids is 1. The number of aliphatic hydroxyl groups excluding tert-OH is 1. The number of amides is 1. The van der Waals surface area contributed by atoms with Crippen molar-refractivity contribution >= 4 is 28.8 Å². The van der Waals surface area contributed by atoms with Crippen LogP contribution in [0.4, 0.5) is 0 Å². The molecule has 6 heteroatoms. The summed E-state index contributed by atoms with van der Waals surface area (Å²) in [6.45, 7) is 4.03. The van der Waals surface area contributed by atoms with Crippen LogP contribution in [-0.2, 0) is 5.41 Å². The van der Waals surface area contributed by atoms with Crippen LogP contribution in [0.25, 0.3) is 21.6 Å². The molecule has 5 rings (SSSR count). The molecular formula is C27H29ClN2O2S. The van der Waals surface area contributed by atoms with Gasteiger partial charge in [-0.05, 0) is 78.4 Å². The molecule has 2 aromatic heterocycles. The van der Waals surface area contributed by atoms with Gasteiger partial charge in [0.25, 0.3) is 5.91 Å². The number of aliphatic hydroxyl groups is 1. The van der Waals surface area contributed by atoms with E-state index in [4.69, 9.17) is 11.6 Å². The minimum atomic E-state index is -0.174. The molecule has 1 N–H and O–H groups in total. The average Bonchev–Trinajstić information content (AvgIpc) is 3.29. The SMILES string of the molecule is CC1CCN(C(=O)c2ccc(-c3cc(-c4ccnc(C5(CO)CCC5)c4)cs3)c(Cl)c2)CC1. The number of thiophene rings is 1. The highest BCUT2D eigenvalue weighted by Crippen LogP contribution is 2.44. The lowest BCUT2D eigenvalue weighted by molar-refractivity contribution is 0.0697. The molecule has 2 fully saturated rings. The van der Waals surface area contributed by atoms with Crippen molar-refractivity contribution in [3.05, 3.63) is 64.3 Å². The number of hydrogen-bond donors (Lipinski definition) is 1. The highest BCUT2D eigenvalue weighted by Gasteiger charge is 2.39. The summed E-state index contributed by atoms with van der Waals surface area (Å²) in [5.41, 5.74) is 4.62. The number of nitrogens with zero attached hydrogens (tertiary/aromatic N) is 2. The summed E-state index contributed by atoms with van der Waals surface area (Å²) in [4.78, 5) is 20.5. The Kier molecular flexibility index (Phi) is 6.30. The topological polar surface area (TPSA) is 53.4 Å². The maximum Gasteiger partial charge on any atom is 0.253 e. The summed E-state index contributed by atoms with van der Waals surface area (Å²) in [7, 11) is 0. The smallest absolute Gasteiger partial charge is 0.253 e. The molecule has 172 valence electrons. The molecule has 1 saturated heterocycles. The van der Waals surface area contributed by atoms with Crippen LogP contribution in [0.2, 0.25) is 5.02 Å². The molecule has 4 nitrogen and oxygen atoms in total. The van der Waals surface area contributed by atoms with E-state index in [0.717, 1.165) is 72.5 Å². The van der Waals surface area contributed by atoms with Gasteiger partial charge in [0.15, 0.2) is 0 Å². The largest absolute Gasteiger partial charge is 0.395 e. The van der Waals surface area contributed by atoms with Gasteiger partial charge in [0.05, 0.1) is 11.6 Å². The fourth-order valence-electron chi connectivity index (χ4n) is 4.87. The predicted octanol–water partition coefficient (Wildman–Crippen LogP) is 6.42. The second-order valence-corrected chi connectivity index (χ2v) is 10.9. The summed E-state index contributed by atoms with van der Waals surface area (Å²) in [6.07, 6.45) is 7.09. The molecular weight excluding hydrogens is 452 g/mol. The van der Waals surface area contributed by atoms with E-state index in [-0.39, 0.29) is 17.9 Å². The Labute approximate surface area is 204 Å². The van der Waals surface area contributed by atoms with Crippen LogP contribution >= 0.6 is 22.9 Å². The van der Waals surface area contributed by atoms with Crippen molar-refractivity contribution in [1.82, 2.24) is 9.88 Å². The van der Waals surface area contributed by atoms with E-state index in [1.165, 1.54) is 0 Å². The number of benzene rings is 1. The minimum absolute atomic E-state index is 0.0698. The molecule has 3 heterocycles. The standard InChI is InChI=1S/C27H29ClN2O2S/c1-18-6-11-30(12-7-18)26(32)20-3-4-22(23(28)13-20)24-14-21(16-33-24)19-5-10-29-25(15-19)27(17-31)8-2-9-27/h3-5,10,13-16,18,31H,2,6-9,11-12,17H2,1H3. The van der Waals surface area contributed by atoms with E-state index in [0.29, 0.717) is 16.5 Å². The zero-order valence-corrected chi connectivity index (χ0v) is 20.5. The molecule has 0 atom stereocenters. The maximum absolute atomic E-state index is 12.9. The Morgan fingerprint density at radius 2 is 1.97 bits per heavy atom. The van der Waals surface area contributed by atoms with E-state index < -0.39 is 0 Å². The van der Waals surface area contributed by atoms with Crippen molar-refractivity contribution in [2.24, 2.45) is 5.92 Å². The second-order valence-electron chi connectivity index (χ2n) is 9.59. The molecule has 2 aliphatic rings. The molecule has 0 unspecified atom stereocenters. The van der Waals surface area contributed by atoms with Gasteiger partial charge in [-0.2, -0.15) is 0 Å². The normalized spacial score (nSPS) is 18.2. The zero-order valence-electron chi connectivity index (χ0n) is 18.9. The first-order valence-corrected chi connectivity index (χ1v) is 13.0. The molecule has 1 aliphatic heterocycles. The Bertz CT molecular complexity index is 1160. The molecule has 3 aromatic rings. The van der Waals surface area contributed by atoms with Gasteiger partial charge in [-0.3, -0.25) is 9.78 Å². The minimum Gasteiger partial charge on any atom is -0.395 e. The van der Waals surface area contributed by atoms with E-state index >= 15 is 0 Å². The Hall–Kier alpha value is -2.21. The maximum atomic E-state index is 12.9. The molecule has 1 amide bonds. The van der Waals surface area contributed by atoms with E-state index in [9.17, 15) is 9.90 Å². The van der Waals surface area contributed by atoms with Crippen LogP contribution < -0.4 is 0 Å². The van der Waals surface area contributed by atoms with Crippen LogP contribution in [-0.4, -0.2) is 40.6 Å². The van der Waals surface area contributed by atoms with Gasteiger partial charge in [0, 0.05) is 46.4 Å². The Balaban J connectivity index is 1.36. The summed E-state index contributed by atoms with van der Waals surface area (Å²) in [5, 5.41) is 12.6. The van der Waals surface area contributed by atoms with Crippen LogP contribution in [0.5, 0.6) is 0 Å². The second kappa shape index (κ2) is 9.21. The monoisotopic (exact) mass is 480 g/mol. The van der Waals surface area contributed by atoms with Crippen LogP contribution in [0.15, 0.2) is 48.0 Å². The number of carbonyl (C=O) groups is 1. The molecule has 0 radical (unpaired) electrons. The quantitative estimate of drug-likeness (QED) is 0.458. The Morgan fingerprint density at radius 1 is 1.18 bits per heavy atom. The van der Waals surface area contributed by atoms with Crippen LogP contribution in [0.1, 0.15) is 55.1 Å². The fourth-order valence-corrected chi connectivity index (χ4v) is 6.17. The first kappa shape index (κ1) is 22.6. The highest BCUT2D eigenvalue weighted by atomic mass is 35.5. The van der Waals surface area contributed by atoms with Crippen molar-refractivity contribution < 1.29 is 9.90 Å². The number of pyridine rings is 1. The number of halogens is 1. The lowest BCUT2D eigenvalue weighted by Gasteiger charge is -2.39. The van der Waals surface area contributed by atoms with Crippen molar-refractivity contribution in [3.8, 4) is 21.6 Å². The lowest BCUT2D eigenvalue weighted by atomic mass is 9.67. The van der Waals surface area contributed by atoms with Crippen molar-refractivity contribution in [3.63, 3.8) is 0 Å². The molecule has 0 bridgehead atoms. The van der Waals surface area contributed by atoms with E-state index in [1.54, 1.807) is 11.3 Å². The molecule has 1 aliphatic carbocycles. The van der Waals surface area contributed by atoms with E-state index in [1.807, 2.05) is 35.4 Å². The molecule has 33 heavy (non-hydrogen) atoms. The lowest BCUT2D eigenvalue weighted by Crippen LogP contribution is -2.38. The van der Waals surface area contributed by atoms with E-state index in [2.05, 4.69) is 29.4 Å². The van der Waals surface area contributed by atoms with Crippen molar-refractivity contribution in [1.29, 1.82) is 0 Å². The number of rotatable bonds is 5. The molecule has 1 aromatic carbocycles. The van der Waals surface area contributed by atoms with Gasteiger partial charge in [0.2, 0.25) is 0 Å². The summed E-state index contributed by atoms with van der Waals surface area (Å²) < 4.78 is 0. The molecule has 0 spiro atoms. The number of hydrogen-bond acceptors (Lipinski definition) is 4. The third kappa shape index (κ3) is 4.34. The van der Waals surface area contributed by atoms with Gasteiger partial charge in [-0.1, -0.05) is 31.0 Å². The summed E-state index contributed by atoms with van der Waals surface area (Å²) >= 11 is 8.30. The first-order chi connectivity index (χ1) is 16.0. The third-order valence-electron chi connectivity index (χ3n) is 7.40. The first-order valence-electron chi connectivity index (χ1n) is 11.7. The fraction of sp³-hybridized carbons (Fsp3) is 0.407. The van der Waals surface area contributed by atoms with Crippen molar-refractivity contribution in [2.75, 3.05) is 19.7 Å². The van der Waals surface area contributed by atoms with Gasteiger partial charge in [0.1, 0.15) is 0 Å². The number of aromatic nitrogens is 1. The van der Waals surface area contributed by atoms with Gasteiger partial charge in [-0.25, -0.2) is 0 Å². The van der Waals surface area contributed by atoms with Crippen LogP contribution in [0.3, 0.4) is 0 Å². The average molecular weight is 481 g/mol.